The maximum atomic E-state index is 2.42. The van der Waals surface area contributed by atoms with E-state index in [0.29, 0.717) is 0 Å². The van der Waals surface area contributed by atoms with Crippen molar-refractivity contribution in [2.45, 2.75) is 0 Å². The Morgan fingerprint density at radius 2 is 0.974 bits per heavy atom. The largest absolute Gasteiger partial charge is 0.309 e. The van der Waals surface area contributed by atoms with E-state index >= 15 is 0 Å². The molecule has 8 aromatic carbocycles. The number of benzene rings is 8. The Labute approximate surface area is 225 Å². The van der Waals surface area contributed by atoms with Crippen LogP contribution in [-0.2, 0) is 0 Å². The van der Waals surface area contributed by atoms with Crippen LogP contribution in [0.15, 0.2) is 140 Å². The zero-order valence-corrected chi connectivity index (χ0v) is 21.2. The molecule has 1 heterocycles. The minimum absolute atomic E-state index is 1.18. The number of hydrogen-bond donors (Lipinski definition) is 0. The first-order chi connectivity index (χ1) is 19.3. The van der Waals surface area contributed by atoms with Crippen LogP contribution in [0.5, 0.6) is 0 Å². The molecular weight excluding hydrogens is 470 g/mol. The third kappa shape index (κ3) is 2.90. The van der Waals surface area contributed by atoms with E-state index in [1.54, 1.807) is 0 Å². The normalized spacial score (nSPS) is 12.1. The third-order valence-electron chi connectivity index (χ3n) is 8.47. The van der Waals surface area contributed by atoms with Gasteiger partial charge < -0.3 is 4.57 Å². The summed E-state index contributed by atoms with van der Waals surface area (Å²) in [6.45, 7) is 0. The highest BCUT2D eigenvalue weighted by Crippen LogP contribution is 2.41. The number of hydrogen-bond acceptors (Lipinski definition) is 0. The summed E-state index contributed by atoms with van der Waals surface area (Å²) >= 11 is 0. The molecule has 0 spiro atoms. The average molecular weight is 494 g/mol. The van der Waals surface area contributed by atoms with Crippen LogP contribution in [-0.4, -0.2) is 4.57 Å². The zero-order chi connectivity index (χ0) is 25.5. The minimum Gasteiger partial charge on any atom is -0.309 e. The van der Waals surface area contributed by atoms with Crippen molar-refractivity contribution in [3.63, 3.8) is 0 Å². The van der Waals surface area contributed by atoms with E-state index < -0.39 is 0 Å². The highest BCUT2D eigenvalue weighted by molar-refractivity contribution is 6.24. The van der Waals surface area contributed by atoms with Gasteiger partial charge in [-0.05, 0) is 90.6 Å². The fourth-order valence-electron chi connectivity index (χ4n) is 6.74. The Bertz CT molecular complexity index is 2310. The second-order valence-corrected chi connectivity index (χ2v) is 10.6. The van der Waals surface area contributed by atoms with Gasteiger partial charge in [-0.3, -0.25) is 0 Å². The first kappa shape index (κ1) is 20.9. The van der Waals surface area contributed by atoms with Crippen LogP contribution in [0, 0.1) is 0 Å². The monoisotopic (exact) mass is 493 g/mol. The van der Waals surface area contributed by atoms with Gasteiger partial charge in [0.1, 0.15) is 0 Å². The van der Waals surface area contributed by atoms with Gasteiger partial charge in [0, 0.05) is 16.5 Å². The SMILES string of the molecule is c1ccc(-n2c3cc(-c4cc5ccc6cccc7ccc(c4)c5c67)ccc3c3c4ccccc4ccc32)cc1. The summed E-state index contributed by atoms with van der Waals surface area (Å²) in [5.41, 5.74) is 6.13. The van der Waals surface area contributed by atoms with Crippen LogP contribution >= 0.6 is 0 Å². The van der Waals surface area contributed by atoms with Crippen molar-refractivity contribution in [3.8, 4) is 16.8 Å². The van der Waals surface area contributed by atoms with Crippen molar-refractivity contribution in [2.75, 3.05) is 0 Å². The molecule has 0 saturated heterocycles. The Morgan fingerprint density at radius 1 is 0.333 bits per heavy atom. The lowest BCUT2D eigenvalue weighted by molar-refractivity contribution is 1.18. The van der Waals surface area contributed by atoms with Crippen LogP contribution in [0.2, 0.25) is 0 Å². The first-order valence-electron chi connectivity index (χ1n) is 13.5. The van der Waals surface area contributed by atoms with E-state index in [1.807, 2.05) is 0 Å². The number of nitrogens with zero attached hydrogens (tertiary/aromatic N) is 1. The molecule has 0 bridgehead atoms. The molecule has 180 valence electrons. The predicted octanol–water partition coefficient (Wildman–Crippen LogP) is 10.5. The average Bonchev–Trinajstić information content (AvgIpc) is 3.34. The van der Waals surface area contributed by atoms with Crippen molar-refractivity contribution in [1.82, 2.24) is 4.57 Å². The number of aromatic nitrogens is 1. The number of rotatable bonds is 2. The summed E-state index contributed by atoms with van der Waals surface area (Å²) in [7, 11) is 0. The van der Waals surface area contributed by atoms with E-state index in [2.05, 4.69) is 144 Å². The highest BCUT2D eigenvalue weighted by atomic mass is 15.0. The minimum atomic E-state index is 1.18. The molecule has 9 aromatic rings. The molecular formula is C38H23N. The molecule has 0 unspecified atom stereocenters. The van der Waals surface area contributed by atoms with Crippen LogP contribution in [0.25, 0.3) is 81.7 Å². The molecule has 0 aliphatic rings. The van der Waals surface area contributed by atoms with Crippen LogP contribution in [0.3, 0.4) is 0 Å². The molecule has 9 rings (SSSR count). The molecule has 0 aliphatic heterocycles. The van der Waals surface area contributed by atoms with Crippen LogP contribution < -0.4 is 0 Å². The van der Waals surface area contributed by atoms with Crippen LogP contribution in [0.4, 0.5) is 0 Å². The topological polar surface area (TPSA) is 4.93 Å². The van der Waals surface area contributed by atoms with E-state index in [1.165, 1.54) is 81.7 Å². The van der Waals surface area contributed by atoms with Crippen molar-refractivity contribution < 1.29 is 0 Å². The summed E-state index contributed by atoms with van der Waals surface area (Å²) in [6.07, 6.45) is 0. The van der Waals surface area contributed by atoms with E-state index in [4.69, 9.17) is 0 Å². The Morgan fingerprint density at radius 3 is 1.77 bits per heavy atom. The van der Waals surface area contributed by atoms with Gasteiger partial charge in [0.2, 0.25) is 0 Å². The maximum absolute atomic E-state index is 2.42. The van der Waals surface area contributed by atoms with Crippen molar-refractivity contribution >= 4 is 64.9 Å². The van der Waals surface area contributed by atoms with Gasteiger partial charge in [-0.25, -0.2) is 0 Å². The number of para-hydroxylation sites is 1. The van der Waals surface area contributed by atoms with Crippen molar-refractivity contribution in [3.05, 3.63) is 140 Å². The van der Waals surface area contributed by atoms with Gasteiger partial charge in [0.25, 0.3) is 0 Å². The first-order valence-corrected chi connectivity index (χ1v) is 13.5. The molecule has 0 amide bonds. The van der Waals surface area contributed by atoms with Crippen molar-refractivity contribution in [2.24, 2.45) is 0 Å². The summed E-state index contributed by atoms with van der Waals surface area (Å²) in [6, 6.07) is 51.4. The fraction of sp³-hybridized carbons (Fsp3) is 0. The molecule has 0 saturated carbocycles. The standard InChI is InChI=1S/C38H23N/c1-2-10-31(11-3-1)39-34-20-18-24-7-4-5-12-32(24)38(34)33-19-17-27(23-35(33)39)30-21-28-15-13-25-8-6-9-26-14-16-29(22-30)37(28)36(25)26/h1-23H. The predicted molar refractivity (Wildman–Crippen MR) is 167 cm³/mol. The lowest BCUT2D eigenvalue weighted by atomic mass is 9.91. The maximum Gasteiger partial charge on any atom is 0.0547 e. The molecule has 0 radical (unpaired) electrons. The van der Waals surface area contributed by atoms with Gasteiger partial charge >= 0.3 is 0 Å². The van der Waals surface area contributed by atoms with Gasteiger partial charge in [-0.2, -0.15) is 0 Å². The summed E-state index contributed by atoms with van der Waals surface area (Å²) in [5.74, 6) is 0. The molecule has 1 aromatic heterocycles. The number of fused-ring (bicyclic) bond motifs is 5. The second-order valence-electron chi connectivity index (χ2n) is 10.6. The zero-order valence-electron chi connectivity index (χ0n) is 21.2. The fourth-order valence-corrected chi connectivity index (χ4v) is 6.74. The van der Waals surface area contributed by atoms with Crippen LogP contribution in [0.1, 0.15) is 0 Å². The summed E-state index contributed by atoms with van der Waals surface area (Å²) < 4.78 is 2.42. The lowest BCUT2D eigenvalue weighted by Gasteiger charge is -2.13. The van der Waals surface area contributed by atoms with E-state index in [0.717, 1.165) is 0 Å². The quantitative estimate of drug-likeness (QED) is 0.211. The molecule has 1 heteroatoms. The Balaban J connectivity index is 1.36. The third-order valence-corrected chi connectivity index (χ3v) is 8.47. The molecule has 0 atom stereocenters. The van der Waals surface area contributed by atoms with Gasteiger partial charge in [0.15, 0.2) is 0 Å². The second kappa shape index (κ2) is 7.69. The molecule has 0 N–H and O–H groups in total. The summed E-state index contributed by atoms with van der Waals surface area (Å²) in [5, 5.41) is 13.1. The Hall–Kier alpha value is -5.14. The van der Waals surface area contributed by atoms with Crippen molar-refractivity contribution in [1.29, 1.82) is 0 Å². The van der Waals surface area contributed by atoms with Gasteiger partial charge in [-0.1, -0.05) is 103 Å². The van der Waals surface area contributed by atoms with E-state index in [-0.39, 0.29) is 0 Å². The molecule has 0 aliphatic carbocycles. The van der Waals surface area contributed by atoms with Gasteiger partial charge in [0.05, 0.1) is 11.0 Å². The highest BCUT2D eigenvalue weighted by Gasteiger charge is 2.16. The molecule has 0 fully saturated rings. The summed E-state index contributed by atoms with van der Waals surface area (Å²) in [4.78, 5) is 0. The Kier molecular flexibility index (Phi) is 4.11. The van der Waals surface area contributed by atoms with E-state index in [9.17, 15) is 0 Å². The molecule has 39 heavy (non-hydrogen) atoms. The van der Waals surface area contributed by atoms with Gasteiger partial charge in [-0.15, -0.1) is 0 Å². The lowest BCUT2D eigenvalue weighted by Crippen LogP contribution is -1.93. The molecule has 1 nitrogen and oxygen atoms in total. The smallest absolute Gasteiger partial charge is 0.0547 e.